The highest BCUT2D eigenvalue weighted by molar-refractivity contribution is 5.79. The maximum Gasteiger partial charge on any atom is 0.193 e. The normalized spacial score (nSPS) is 11.7. The van der Waals surface area contributed by atoms with Gasteiger partial charge in [-0.3, -0.25) is 4.99 Å². The van der Waals surface area contributed by atoms with Crippen LogP contribution in [0.5, 0.6) is 0 Å². The third kappa shape index (κ3) is 4.63. The summed E-state index contributed by atoms with van der Waals surface area (Å²) in [5.41, 5.74) is 4.61. The average Bonchev–Trinajstić information content (AvgIpc) is 3.05. The highest BCUT2D eigenvalue weighted by atomic mass is 15.3. The van der Waals surface area contributed by atoms with Crippen LogP contribution in [0, 0.1) is 6.92 Å². The monoisotopic (exact) mass is 349 g/mol. The largest absolute Gasteiger partial charge is 0.357 e. The Morgan fingerprint density at radius 3 is 2.73 bits per heavy atom. The number of aryl methyl sites for hydroxylation is 1. The molecule has 0 atom stereocenters. The number of aliphatic imine (C=N–C) groups is 1. The van der Waals surface area contributed by atoms with Gasteiger partial charge in [0.25, 0.3) is 0 Å². The second kappa shape index (κ2) is 8.52. The number of hydrogen-bond acceptors (Lipinski definition) is 2. The maximum atomic E-state index is 4.77. The van der Waals surface area contributed by atoms with Crippen LogP contribution < -0.4 is 5.32 Å². The van der Waals surface area contributed by atoms with E-state index in [0.717, 1.165) is 36.8 Å². The Hall–Kier alpha value is -2.82. The van der Waals surface area contributed by atoms with E-state index in [4.69, 9.17) is 4.99 Å². The van der Waals surface area contributed by atoms with Crippen molar-refractivity contribution in [3.05, 3.63) is 71.7 Å². The van der Waals surface area contributed by atoms with Crippen molar-refractivity contribution in [1.29, 1.82) is 0 Å². The van der Waals surface area contributed by atoms with Crippen molar-refractivity contribution >= 4 is 11.6 Å². The highest BCUT2D eigenvalue weighted by Gasteiger charge is 2.07. The van der Waals surface area contributed by atoms with Crippen LogP contribution in [0.1, 0.15) is 23.7 Å². The summed E-state index contributed by atoms with van der Waals surface area (Å²) >= 11 is 0. The molecule has 3 rings (SSSR count). The molecule has 0 radical (unpaired) electrons. The number of pyridine rings is 1. The van der Waals surface area contributed by atoms with Crippen LogP contribution in [0.2, 0.25) is 0 Å². The molecule has 3 aromatic rings. The first kappa shape index (κ1) is 18.0. The molecular weight excluding hydrogens is 322 g/mol. The molecule has 1 N–H and O–H groups in total. The molecule has 136 valence electrons. The number of rotatable bonds is 6. The zero-order valence-corrected chi connectivity index (χ0v) is 15.8. The number of fused-ring (bicyclic) bond motifs is 1. The number of nitrogens with one attached hydrogen (secondary N) is 1. The van der Waals surface area contributed by atoms with E-state index in [0.29, 0.717) is 6.54 Å². The van der Waals surface area contributed by atoms with E-state index in [2.05, 4.69) is 66.6 Å². The second-order valence-electron chi connectivity index (χ2n) is 6.53. The zero-order chi connectivity index (χ0) is 18.4. The van der Waals surface area contributed by atoms with Gasteiger partial charge in [-0.25, -0.2) is 4.98 Å². The van der Waals surface area contributed by atoms with E-state index in [9.17, 15) is 0 Å². The lowest BCUT2D eigenvalue weighted by molar-refractivity contribution is 0.477. The second-order valence-corrected chi connectivity index (χ2v) is 6.53. The van der Waals surface area contributed by atoms with Gasteiger partial charge in [0.2, 0.25) is 0 Å². The number of benzene rings is 1. The quantitative estimate of drug-likeness (QED) is 0.549. The first-order valence-electron chi connectivity index (χ1n) is 9.13. The Morgan fingerprint density at radius 2 is 2.00 bits per heavy atom. The molecule has 0 fully saturated rings. The van der Waals surface area contributed by atoms with E-state index >= 15 is 0 Å². The van der Waals surface area contributed by atoms with E-state index < -0.39 is 0 Å². The fourth-order valence-corrected chi connectivity index (χ4v) is 2.90. The Bertz CT molecular complexity index is 830. The van der Waals surface area contributed by atoms with Gasteiger partial charge in [-0.15, -0.1) is 0 Å². The van der Waals surface area contributed by atoms with Crippen LogP contribution in [0.4, 0.5) is 0 Å². The summed E-state index contributed by atoms with van der Waals surface area (Å²) in [6.07, 6.45) is 4.93. The molecule has 0 saturated carbocycles. The minimum atomic E-state index is 0.713. The fraction of sp³-hybridized carbons (Fsp3) is 0.333. The highest BCUT2D eigenvalue weighted by Crippen LogP contribution is 2.07. The molecule has 0 saturated heterocycles. The van der Waals surface area contributed by atoms with Gasteiger partial charge in [-0.1, -0.05) is 35.9 Å². The number of nitrogens with zero attached hydrogens (tertiary/aromatic N) is 4. The Morgan fingerprint density at radius 1 is 1.19 bits per heavy atom. The summed E-state index contributed by atoms with van der Waals surface area (Å²) in [7, 11) is 2.08. The molecule has 2 heterocycles. The number of aromatic nitrogens is 2. The van der Waals surface area contributed by atoms with Crippen molar-refractivity contribution in [1.82, 2.24) is 19.6 Å². The van der Waals surface area contributed by atoms with Crippen molar-refractivity contribution in [3.63, 3.8) is 0 Å². The molecule has 5 nitrogen and oxygen atoms in total. The van der Waals surface area contributed by atoms with Crippen molar-refractivity contribution in [3.8, 4) is 0 Å². The summed E-state index contributed by atoms with van der Waals surface area (Å²) in [5, 5.41) is 3.38. The first-order valence-corrected chi connectivity index (χ1v) is 9.13. The summed E-state index contributed by atoms with van der Waals surface area (Å²) in [6.45, 7) is 6.60. The summed E-state index contributed by atoms with van der Waals surface area (Å²) < 4.78 is 2.05. The predicted octanol–water partition coefficient (Wildman–Crippen LogP) is 3.28. The zero-order valence-electron chi connectivity index (χ0n) is 15.8. The molecule has 1 aromatic carbocycles. The molecular formula is C21H27N5. The molecule has 0 unspecified atom stereocenters. The predicted molar refractivity (Wildman–Crippen MR) is 108 cm³/mol. The fourth-order valence-electron chi connectivity index (χ4n) is 2.90. The van der Waals surface area contributed by atoms with E-state index in [1.54, 1.807) is 0 Å². The van der Waals surface area contributed by atoms with E-state index in [1.165, 1.54) is 11.1 Å². The lowest BCUT2D eigenvalue weighted by atomic mass is 10.1. The van der Waals surface area contributed by atoms with Gasteiger partial charge in [-0.05, 0) is 31.5 Å². The molecule has 0 aliphatic heterocycles. The standard InChI is InChI=1S/C21H27N5/c1-4-22-21(25(3)15-18-10-8-17(2)9-11-18)23-13-12-19-16-26-14-6-5-7-20(26)24-19/h5-11,14,16H,4,12-13,15H2,1-3H3,(H,22,23). The molecule has 5 heteroatoms. The van der Waals surface area contributed by atoms with Crippen LogP contribution in [0.15, 0.2) is 59.9 Å². The summed E-state index contributed by atoms with van der Waals surface area (Å²) in [5.74, 6) is 0.928. The molecule has 0 spiro atoms. The van der Waals surface area contributed by atoms with Gasteiger partial charge in [-0.2, -0.15) is 0 Å². The Labute approximate surface area is 155 Å². The molecule has 26 heavy (non-hydrogen) atoms. The molecule has 2 aromatic heterocycles. The third-order valence-corrected chi connectivity index (χ3v) is 4.28. The van der Waals surface area contributed by atoms with E-state index in [1.807, 2.05) is 28.8 Å². The van der Waals surface area contributed by atoms with Crippen molar-refractivity contribution in [2.45, 2.75) is 26.8 Å². The van der Waals surface area contributed by atoms with Crippen LogP contribution in [-0.2, 0) is 13.0 Å². The number of hydrogen-bond donors (Lipinski definition) is 1. The molecule has 0 aliphatic rings. The van der Waals surface area contributed by atoms with Gasteiger partial charge >= 0.3 is 0 Å². The first-order chi connectivity index (χ1) is 12.7. The van der Waals surface area contributed by atoms with Crippen molar-refractivity contribution in [2.24, 2.45) is 4.99 Å². The van der Waals surface area contributed by atoms with Gasteiger partial charge in [0.05, 0.1) is 5.69 Å². The maximum absolute atomic E-state index is 4.77. The van der Waals surface area contributed by atoms with Crippen LogP contribution >= 0.6 is 0 Å². The smallest absolute Gasteiger partial charge is 0.193 e. The Kier molecular flexibility index (Phi) is 5.89. The van der Waals surface area contributed by atoms with E-state index in [-0.39, 0.29) is 0 Å². The molecule has 0 aliphatic carbocycles. The minimum Gasteiger partial charge on any atom is -0.357 e. The lowest BCUT2D eigenvalue weighted by Crippen LogP contribution is -2.38. The average molecular weight is 349 g/mol. The van der Waals surface area contributed by atoms with Gasteiger partial charge in [0, 0.05) is 45.5 Å². The topological polar surface area (TPSA) is 44.9 Å². The minimum absolute atomic E-state index is 0.713. The van der Waals surface area contributed by atoms with Gasteiger partial charge in [0.1, 0.15) is 5.65 Å². The third-order valence-electron chi connectivity index (χ3n) is 4.28. The summed E-state index contributed by atoms with van der Waals surface area (Å²) in [4.78, 5) is 11.6. The van der Waals surface area contributed by atoms with Gasteiger partial charge in [0.15, 0.2) is 5.96 Å². The van der Waals surface area contributed by atoms with Crippen LogP contribution in [0.3, 0.4) is 0 Å². The van der Waals surface area contributed by atoms with Crippen molar-refractivity contribution < 1.29 is 0 Å². The van der Waals surface area contributed by atoms with Crippen LogP contribution in [0.25, 0.3) is 5.65 Å². The lowest BCUT2D eigenvalue weighted by Gasteiger charge is -2.22. The Balaban J connectivity index is 1.62. The molecule has 0 amide bonds. The molecule has 0 bridgehead atoms. The van der Waals surface area contributed by atoms with Crippen LogP contribution in [-0.4, -0.2) is 40.4 Å². The number of imidazole rings is 1. The number of guanidine groups is 1. The summed E-state index contributed by atoms with van der Waals surface area (Å²) in [6, 6.07) is 14.7. The van der Waals surface area contributed by atoms with Gasteiger partial charge < -0.3 is 14.6 Å². The SMILES string of the molecule is CCNC(=NCCc1cn2ccccc2n1)N(C)Cc1ccc(C)cc1. The van der Waals surface area contributed by atoms with Crippen molar-refractivity contribution in [2.75, 3.05) is 20.1 Å².